The van der Waals surface area contributed by atoms with Crippen LogP contribution in [-0.2, 0) is 16.1 Å². The number of nitrogens with one attached hydrogen (secondary N) is 2. The summed E-state index contributed by atoms with van der Waals surface area (Å²) < 4.78 is 1.03. The van der Waals surface area contributed by atoms with Crippen molar-refractivity contribution in [3.05, 3.63) is 55.6 Å². The third-order valence-electron chi connectivity index (χ3n) is 3.13. The third-order valence-corrected chi connectivity index (χ3v) is 5.00. The van der Waals surface area contributed by atoms with Gasteiger partial charge in [-0.05, 0) is 45.8 Å². The molecule has 0 saturated carbocycles. The maximum Gasteiger partial charge on any atom is 0.222 e. The highest BCUT2D eigenvalue weighted by Gasteiger charge is 2.17. The summed E-state index contributed by atoms with van der Waals surface area (Å²) >= 11 is 10.8. The molecule has 1 aromatic carbocycles. The minimum absolute atomic E-state index is 0.122. The van der Waals surface area contributed by atoms with Gasteiger partial charge in [-0.3, -0.25) is 9.59 Å². The molecule has 4 nitrogen and oxygen atoms in total. The zero-order chi connectivity index (χ0) is 16.8. The average molecular weight is 416 g/mol. The number of carbonyl (C=O) groups is 2. The molecule has 0 bridgehead atoms. The first kappa shape index (κ1) is 18.0. The minimum atomic E-state index is -0.375. The van der Waals surface area contributed by atoms with Gasteiger partial charge in [0.1, 0.15) is 0 Å². The Balaban J connectivity index is 1.97. The first-order valence-electron chi connectivity index (χ1n) is 6.97. The molecule has 0 spiro atoms. The van der Waals surface area contributed by atoms with Crippen molar-refractivity contribution >= 4 is 50.7 Å². The molecule has 2 rings (SSSR count). The van der Waals surface area contributed by atoms with Crippen molar-refractivity contribution < 1.29 is 9.59 Å². The molecule has 0 fully saturated rings. The summed E-state index contributed by atoms with van der Waals surface area (Å²) in [6.45, 7) is 1.91. The van der Waals surface area contributed by atoms with Crippen LogP contribution < -0.4 is 10.6 Å². The standard InChI is InChI=1S/C16H16BrClN2O2S/c1-10(21)20-14(11-2-4-12(18)5-3-11)8-16(22)19-9-13-6-7-15(17)23-13/h2-7,14H,8-9H2,1H3,(H,19,22)(H,20,21). The van der Waals surface area contributed by atoms with E-state index in [1.807, 2.05) is 24.3 Å². The average Bonchev–Trinajstić information content (AvgIpc) is 2.90. The predicted molar refractivity (Wildman–Crippen MR) is 96.5 cm³/mol. The summed E-state index contributed by atoms with van der Waals surface area (Å²) in [5, 5.41) is 6.29. The first-order chi connectivity index (χ1) is 10.9. The van der Waals surface area contributed by atoms with E-state index in [0.717, 1.165) is 14.2 Å². The number of thiophene rings is 1. The quantitative estimate of drug-likeness (QED) is 0.748. The van der Waals surface area contributed by atoms with E-state index >= 15 is 0 Å². The molecule has 23 heavy (non-hydrogen) atoms. The number of rotatable bonds is 6. The molecule has 0 saturated heterocycles. The fraction of sp³-hybridized carbons (Fsp3) is 0.250. The van der Waals surface area contributed by atoms with Gasteiger partial charge < -0.3 is 10.6 Å². The van der Waals surface area contributed by atoms with Crippen molar-refractivity contribution in [1.82, 2.24) is 10.6 Å². The lowest BCUT2D eigenvalue weighted by Gasteiger charge is -2.18. The van der Waals surface area contributed by atoms with Gasteiger partial charge in [-0.2, -0.15) is 0 Å². The number of benzene rings is 1. The monoisotopic (exact) mass is 414 g/mol. The van der Waals surface area contributed by atoms with E-state index in [2.05, 4.69) is 26.6 Å². The number of hydrogen-bond acceptors (Lipinski definition) is 3. The summed E-state index contributed by atoms with van der Waals surface area (Å²) in [5.74, 6) is -0.303. The molecule has 122 valence electrons. The van der Waals surface area contributed by atoms with Crippen molar-refractivity contribution in [1.29, 1.82) is 0 Å². The smallest absolute Gasteiger partial charge is 0.222 e. The maximum atomic E-state index is 12.2. The zero-order valence-electron chi connectivity index (χ0n) is 12.4. The van der Waals surface area contributed by atoms with Gasteiger partial charge in [0.05, 0.1) is 22.8 Å². The minimum Gasteiger partial charge on any atom is -0.351 e. The van der Waals surface area contributed by atoms with Gasteiger partial charge >= 0.3 is 0 Å². The molecule has 2 aromatic rings. The lowest BCUT2D eigenvalue weighted by Crippen LogP contribution is -2.32. The lowest BCUT2D eigenvalue weighted by molar-refractivity contribution is -0.122. The van der Waals surface area contributed by atoms with Crippen molar-refractivity contribution in [3.63, 3.8) is 0 Å². The molecule has 1 unspecified atom stereocenters. The van der Waals surface area contributed by atoms with Crippen molar-refractivity contribution in [2.45, 2.75) is 25.9 Å². The number of hydrogen-bond donors (Lipinski definition) is 2. The number of amides is 2. The predicted octanol–water partition coefficient (Wildman–Crippen LogP) is 4.05. The van der Waals surface area contributed by atoms with Crippen LogP contribution in [0.1, 0.15) is 29.8 Å². The SMILES string of the molecule is CC(=O)NC(CC(=O)NCc1ccc(Br)s1)c1ccc(Cl)cc1. The fourth-order valence-electron chi connectivity index (χ4n) is 2.08. The summed E-state index contributed by atoms with van der Waals surface area (Å²) in [5.41, 5.74) is 0.846. The van der Waals surface area contributed by atoms with E-state index in [-0.39, 0.29) is 24.3 Å². The molecule has 0 aliphatic carbocycles. The molecule has 0 radical (unpaired) electrons. The van der Waals surface area contributed by atoms with Gasteiger partial charge in [-0.25, -0.2) is 0 Å². The summed E-state index contributed by atoms with van der Waals surface area (Å²) in [7, 11) is 0. The van der Waals surface area contributed by atoms with Gasteiger partial charge in [0.2, 0.25) is 11.8 Å². The molecule has 1 atom stereocenters. The second kappa shape index (κ2) is 8.47. The fourth-order valence-corrected chi connectivity index (χ4v) is 3.63. The molecular weight excluding hydrogens is 400 g/mol. The second-order valence-corrected chi connectivity index (χ2v) is 7.98. The van der Waals surface area contributed by atoms with E-state index in [1.165, 1.54) is 6.92 Å². The van der Waals surface area contributed by atoms with Gasteiger partial charge in [0, 0.05) is 16.8 Å². The van der Waals surface area contributed by atoms with Crippen LogP contribution in [-0.4, -0.2) is 11.8 Å². The Morgan fingerprint density at radius 1 is 1.22 bits per heavy atom. The lowest BCUT2D eigenvalue weighted by atomic mass is 10.0. The third kappa shape index (κ3) is 5.97. The molecule has 1 aromatic heterocycles. The van der Waals surface area contributed by atoms with Gasteiger partial charge in [-0.1, -0.05) is 23.7 Å². The van der Waals surface area contributed by atoms with Crippen LogP contribution in [0.25, 0.3) is 0 Å². The summed E-state index contributed by atoms with van der Waals surface area (Å²) in [6.07, 6.45) is 0.174. The Kier molecular flexibility index (Phi) is 6.62. The van der Waals surface area contributed by atoms with Gasteiger partial charge in [-0.15, -0.1) is 11.3 Å². The number of carbonyl (C=O) groups excluding carboxylic acids is 2. The Bertz CT molecular complexity index is 688. The largest absolute Gasteiger partial charge is 0.351 e. The van der Waals surface area contributed by atoms with E-state index < -0.39 is 0 Å². The molecule has 2 amide bonds. The van der Waals surface area contributed by atoms with Crippen molar-refractivity contribution in [2.75, 3.05) is 0 Å². The Morgan fingerprint density at radius 3 is 2.48 bits per heavy atom. The summed E-state index contributed by atoms with van der Waals surface area (Å²) in [6, 6.07) is 10.6. The summed E-state index contributed by atoms with van der Waals surface area (Å²) in [4.78, 5) is 24.6. The molecule has 7 heteroatoms. The van der Waals surface area contributed by atoms with Crippen LogP contribution in [0.3, 0.4) is 0 Å². The van der Waals surface area contributed by atoms with Crippen LogP contribution in [0.2, 0.25) is 5.02 Å². The zero-order valence-corrected chi connectivity index (χ0v) is 15.6. The van der Waals surface area contributed by atoms with Crippen LogP contribution in [0.5, 0.6) is 0 Å². The maximum absolute atomic E-state index is 12.2. The van der Waals surface area contributed by atoms with E-state index in [4.69, 9.17) is 11.6 Å². The highest BCUT2D eigenvalue weighted by molar-refractivity contribution is 9.11. The normalized spacial score (nSPS) is 11.8. The Hall–Kier alpha value is -1.37. The Morgan fingerprint density at radius 2 is 1.91 bits per heavy atom. The molecule has 0 aliphatic rings. The second-order valence-electron chi connectivity index (χ2n) is 4.99. The highest BCUT2D eigenvalue weighted by atomic mass is 79.9. The molecule has 0 aliphatic heterocycles. The van der Waals surface area contributed by atoms with Crippen LogP contribution in [0, 0.1) is 0 Å². The van der Waals surface area contributed by atoms with E-state index in [0.29, 0.717) is 11.6 Å². The van der Waals surface area contributed by atoms with Gasteiger partial charge in [0.25, 0.3) is 0 Å². The van der Waals surface area contributed by atoms with Crippen LogP contribution in [0.15, 0.2) is 40.2 Å². The Labute approximate surface area is 152 Å². The van der Waals surface area contributed by atoms with E-state index in [9.17, 15) is 9.59 Å². The topological polar surface area (TPSA) is 58.2 Å². The molecular formula is C16H16BrClN2O2S. The highest BCUT2D eigenvalue weighted by Crippen LogP contribution is 2.22. The van der Waals surface area contributed by atoms with Crippen LogP contribution >= 0.6 is 38.9 Å². The van der Waals surface area contributed by atoms with Crippen LogP contribution in [0.4, 0.5) is 0 Å². The number of halogens is 2. The van der Waals surface area contributed by atoms with Gasteiger partial charge in [0.15, 0.2) is 0 Å². The molecule has 1 heterocycles. The van der Waals surface area contributed by atoms with Crippen molar-refractivity contribution in [3.8, 4) is 0 Å². The van der Waals surface area contributed by atoms with Crippen molar-refractivity contribution in [2.24, 2.45) is 0 Å². The first-order valence-corrected chi connectivity index (χ1v) is 8.96. The molecule has 2 N–H and O–H groups in total. The van der Waals surface area contributed by atoms with E-state index in [1.54, 1.807) is 23.5 Å².